The summed E-state index contributed by atoms with van der Waals surface area (Å²) in [5.41, 5.74) is 1.25. The van der Waals surface area contributed by atoms with Crippen molar-refractivity contribution in [1.82, 2.24) is 0 Å². The summed E-state index contributed by atoms with van der Waals surface area (Å²) in [5.74, 6) is -0.624. The Morgan fingerprint density at radius 2 is 1.60 bits per heavy atom. The summed E-state index contributed by atoms with van der Waals surface area (Å²) in [7, 11) is 0. The molecule has 0 atom stereocenters. The Kier molecular flexibility index (Phi) is 3.74. The fraction of sp³-hybridized carbons (Fsp3) is 0.250. The van der Waals surface area contributed by atoms with Gasteiger partial charge in [-0.1, -0.05) is 40.2 Å². The topological polar surface area (TPSA) is 12.0 Å². The third-order valence-electron chi connectivity index (χ3n) is 3.79. The molecule has 0 saturated heterocycles. The maximum atomic E-state index is 13.5. The number of para-hydroxylation sites is 1. The van der Waals surface area contributed by atoms with E-state index in [1.54, 1.807) is 0 Å². The zero-order valence-corrected chi connectivity index (χ0v) is 12.3. The van der Waals surface area contributed by atoms with E-state index in [9.17, 15) is 8.78 Å². The lowest BCUT2D eigenvalue weighted by atomic mass is 9.76. The van der Waals surface area contributed by atoms with Crippen LogP contribution in [-0.2, 0) is 0 Å². The first kappa shape index (κ1) is 13.6. The first-order chi connectivity index (χ1) is 9.65. The molecule has 0 amide bonds. The second kappa shape index (κ2) is 5.52. The lowest BCUT2D eigenvalue weighted by Gasteiger charge is -2.37. The molecular weight excluding hydrogens is 324 g/mol. The van der Waals surface area contributed by atoms with Crippen molar-refractivity contribution in [3.05, 3.63) is 64.1 Å². The smallest absolute Gasteiger partial charge is 0.149 e. The highest BCUT2D eigenvalue weighted by Gasteiger charge is 2.32. The molecule has 0 radical (unpaired) electrons. The van der Waals surface area contributed by atoms with Crippen LogP contribution in [-0.4, -0.2) is 6.04 Å². The van der Waals surface area contributed by atoms with Crippen LogP contribution in [0.5, 0.6) is 0 Å². The molecule has 0 aliphatic heterocycles. The highest BCUT2D eigenvalue weighted by Crippen LogP contribution is 2.41. The molecule has 1 N–H and O–H groups in total. The van der Waals surface area contributed by atoms with Crippen LogP contribution in [0.1, 0.15) is 24.3 Å². The van der Waals surface area contributed by atoms with Gasteiger partial charge in [0.05, 0.1) is 0 Å². The molecular formula is C16H14BrF2N. The predicted octanol–water partition coefficient (Wildman–Crippen LogP) is 5.09. The molecule has 4 heteroatoms. The zero-order valence-electron chi connectivity index (χ0n) is 10.7. The minimum absolute atomic E-state index is 0.0110. The van der Waals surface area contributed by atoms with E-state index < -0.39 is 11.6 Å². The fourth-order valence-corrected chi connectivity index (χ4v) is 3.24. The van der Waals surface area contributed by atoms with Crippen molar-refractivity contribution in [2.75, 3.05) is 5.32 Å². The van der Waals surface area contributed by atoms with E-state index in [2.05, 4.69) is 27.3 Å². The number of rotatable bonds is 3. The van der Waals surface area contributed by atoms with Gasteiger partial charge in [-0.15, -0.1) is 0 Å². The van der Waals surface area contributed by atoms with Gasteiger partial charge >= 0.3 is 0 Å². The van der Waals surface area contributed by atoms with Crippen LogP contribution >= 0.6 is 15.9 Å². The monoisotopic (exact) mass is 337 g/mol. The second-order valence-corrected chi connectivity index (χ2v) is 5.98. The van der Waals surface area contributed by atoms with Crippen LogP contribution in [0.3, 0.4) is 0 Å². The summed E-state index contributed by atoms with van der Waals surface area (Å²) in [5, 5.41) is 2.97. The van der Waals surface area contributed by atoms with Gasteiger partial charge in [-0.3, -0.25) is 0 Å². The van der Waals surface area contributed by atoms with Crippen LogP contribution in [0.4, 0.5) is 14.5 Å². The SMILES string of the molecule is Fc1cccc(F)c1NC1CC(c2ccccc2Br)C1. The standard InChI is InChI=1S/C16H14BrF2N/c17-13-5-2-1-4-12(13)10-8-11(9-10)20-16-14(18)6-3-7-15(16)19/h1-7,10-11,20H,8-9H2. The van der Waals surface area contributed by atoms with Crippen LogP contribution in [0.2, 0.25) is 0 Å². The van der Waals surface area contributed by atoms with Crippen molar-refractivity contribution < 1.29 is 8.78 Å². The third kappa shape index (κ3) is 2.57. The molecule has 0 heterocycles. The second-order valence-electron chi connectivity index (χ2n) is 5.13. The predicted molar refractivity (Wildman–Crippen MR) is 79.9 cm³/mol. The Morgan fingerprint density at radius 1 is 0.950 bits per heavy atom. The Morgan fingerprint density at radius 3 is 2.25 bits per heavy atom. The van der Waals surface area contributed by atoms with Crippen molar-refractivity contribution in [3.63, 3.8) is 0 Å². The van der Waals surface area contributed by atoms with Crippen LogP contribution in [0, 0.1) is 11.6 Å². The Bertz CT molecular complexity index is 603. The van der Waals surface area contributed by atoms with E-state index in [-0.39, 0.29) is 11.7 Å². The molecule has 1 saturated carbocycles. The molecule has 1 nitrogen and oxygen atoms in total. The average molecular weight is 338 g/mol. The average Bonchev–Trinajstić information content (AvgIpc) is 2.37. The molecule has 0 bridgehead atoms. The lowest BCUT2D eigenvalue weighted by Crippen LogP contribution is -2.34. The van der Waals surface area contributed by atoms with Gasteiger partial charge in [-0.25, -0.2) is 8.78 Å². The fourth-order valence-electron chi connectivity index (χ4n) is 2.64. The van der Waals surface area contributed by atoms with Crippen molar-refractivity contribution in [2.45, 2.75) is 24.8 Å². The summed E-state index contributed by atoms with van der Waals surface area (Å²) >= 11 is 3.54. The zero-order chi connectivity index (χ0) is 14.1. The third-order valence-corrected chi connectivity index (χ3v) is 4.52. The van der Waals surface area contributed by atoms with E-state index in [1.165, 1.54) is 23.8 Å². The number of halogens is 3. The van der Waals surface area contributed by atoms with Crippen LogP contribution in [0.25, 0.3) is 0 Å². The van der Waals surface area contributed by atoms with E-state index >= 15 is 0 Å². The number of hydrogen-bond acceptors (Lipinski definition) is 1. The molecule has 0 aromatic heterocycles. The van der Waals surface area contributed by atoms with Crippen molar-refractivity contribution in [3.8, 4) is 0 Å². The molecule has 1 fully saturated rings. The molecule has 20 heavy (non-hydrogen) atoms. The lowest BCUT2D eigenvalue weighted by molar-refractivity contribution is 0.370. The Labute approximate surface area is 125 Å². The molecule has 1 aliphatic carbocycles. The highest BCUT2D eigenvalue weighted by atomic mass is 79.9. The molecule has 2 aromatic carbocycles. The maximum absolute atomic E-state index is 13.5. The van der Waals surface area contributed by atoms with Gasteiger partial charge in [-0.05, 0) is 42.5 Å². The van der Waals surface area contributed by atoms with Crippen LogP contribution in [0.15, 0.2) is 46.9 Å². The molecule has 0 unspecified atom stereocenters. The van der Waals surface area contributed by atoms with Gasteiger partial charge in [0.25, 0.3) is 0 Å². The number of hydrogen-bond donors (Lipinski definition) is 1. The molecule has 3 rings (SSSR count). The number of nitrogens with one attached hydrogen (secondary N) is 1. The first-order valence-electron chi connectivity index (χ1n) is 6.60. The van der Waals surface area contributed by atoms with Gasteiger partial charge in [0, 0.05) is 10.5 Å². The van der Waals surface area contributed by atoms with Crippen molar-refractivity contribution in [2.24, 2.45) is 0 Å². The summed E-state index contributed by atoms with van der Waals surface area (Å²) in [4.78, 5) is 0. The largest absolute Gasteiger partial charge is 0.378 e. The first-order valence-corrected chi connectivity index (χ1v) is 7.39. The number of benzene rings is 2. The number of anilines is 1. The summed E-state index contributed by atoms with van der Waals surface area (Å²) in [6.45, 7) is 0. The highest BCUT2D eigenvalue weighted by molar-refractivity contribution is 9.10. The maximum Gasteiger partial charge on any atom is 0.149 e. The molecule has 0 spiro atoms. The van der Waals surface area contributed by atoms with Crippen molar-refractivity contribution in [1.29, 1.82) is 0 Å². The van der Waals surface area contributed by atoms with E-state index in [0.717, 1.165) is 17.3 Å². The molecule has 2 aromatic rings. The Balaban J connectivity index is 1.66. The summed E-state index contributed by atoms with van der Waals surface area (Å²) < 4.78 is 28.2. The minimum Gasteiger partial charge on any atom is -0.378 e. The molecule has 1 aliphatic rings. The normalized spacial score (nSPS) is 21.4. The quantitative estimate of drug-likeness (QED) is 0.822. The van der Waals surface area contributed by atoms with E-state index in [4.69, 9.17) is 0 Å². The van der Waals surface area contributed by atoms with Crippen molar-refractivity contribution >= 4 is 21.6 Å². The summed E-state index contributed by atoms with van der Waals surface area (Å²) in [6.07, 6.45) is 1.77. The minimum atomic E-state index is -0.533. The van der Waals surface area contributed by atoms with E-state index in [1.807, 2.05) is 18.2 Å². The van der Waals surface area contributed by atoms with Gasteiger partial charge in [0.15, 0.2) is 0 Å². The summed E-state index contributed by atoms with van der Waals surface area (Å²) in [6, 6.07) is 12.2. The van der Waals surface area contributed by atoms with Gasteiger partial charge < -0.3 is 5.32 Å². The van der Waals surface area contributed by atoms with Gasteiger partial charge in [-0.2, -0.15) is 0 Å². The van der Waals surface area contributed by atoms with Gasteiger partial charge in [0.1, 0.15) is 17.3 Å². The molecule has 104 valence electrons. The Hall–Kier alpha value is -1.42. The van der Waals surface area contributed by atoms with Crippen LogP contribution < -0.4 is 5.32 Å². The van der Waals surface area contributed by atoms with E-state index in [0.29, 0.717) is 5.92 Å². The van der Waals surface area contributed by atoms with Gasteiger partial charge in [0.2, 0.25) is 0 Å².